The third-order valence-corrected chi connectivity index (χ3v) is 3.50. The smallest absolute Gasteiger partial charge is 0.298 e. The van der Waals surface area contributed by atoms with E-state index in [4.69, 9.17) is 0 Å². The summed E-state index contributed by atoms with van der Waals surface area (Å²) in [6, 6.07) is 2.23. The summed E-state index contributed by atoms with van der Waals surface area (Å²) >= 11 is 2.19. The van der Waals surface area contributed by atoms with Gasteiger partial charge in [-0.15, -0.1) is 0 Å². The number of hydrogen-bond acceptors (Lipinski definition) is 2. The third-order valence-electron chi connectivity index (χ3n) is 2.16. The molecule has 9 heteroatoms. The second-order valence-electron chi connectivity index (χ2n) is 3.71. The minimum atomic E-state index is -4.82. The van der Waals surface area contributed by atoms with E-state index in [0.29, 0.717) is 6.07 Å². The molecule has 0 N–H and O–H groups in total. The van der Waals surface area contributed by atoms with E-state index in [1.165, 1.54) is 0 Å². The lowest BCUT2D eigenvalue weighted by atomic mass is 10.0. The molecule has 0 aromatic heterocycles. The fraction of sp³-hybridized carbons (Fsp3) is 0.364. The monoisotopic (exact) mass is 380 g/mol. The predicted molar refractivity (Wildman–Crippen MR) is 65.9 cm³/mol. The molecule has 1 nitrogen and oxygen atoms in total. The SMILES string of the molecule is O=C(CBr)Cc1ccc(SC(F)(F)F)cc1C(F)(F)F. The van der Waals surface area contributed by atoms with Gasteiger partial charge in [0.15, 0.2) is 0 Å². The first-order valence-electron chi connectivity index (χ1n) is 5.06. The van der Waals surface area contributed by atoms with Gasteiger partial charge in [-0.1, -0.05) is 22.0 Å². The van der Waals surface area contributed by atoms with E-state index in [0.717, 1.165) is 12.1 Å². The quantitative estimate of drug-likeness (QED) is 0.423. The Hall–Kier alpha value is -0.700. The van der Waals surface area contributed by atoms with Gasteiger partial charge in [0.25, 0.3) is 0 Å². The first-order valence-corrected chi connectivity index (χ1v) is 7.00. The van der Waals surface area contributed by atoms with Crippen molar-refractivity contribution in [1.29, 1.82) is 0 Å². The molecular formula is C11H7BrF6OS. The molecule has 0 bridgehead atoms. The maximum Gasteiger partial charge on any atom is 0.446 e. The van der Waals surface area contributed by atoms with Crippen molar-refractivity contribution in [2.24, 2.45) is 0 Å². The molecule has 0 amide bonds. The van der Waals surface area contributed by atoms with Crippen molar-refractivity contribution in [3.05, 3.63) is 29.3 Å². The van der Waals surface area contributed by atoms with Crippen LogP contribution < -0.4 is 0 Å². The van der Waals surface area contributed by atoms with Gasteiger partial charge in [-0.2, -0.15) is 26.3 Å². The summed E-state index contributed by atoms with van der Waals surface area (Å²) in [5.74, 6) is -0.494. The van der Waals surface area contributed by atoms with Crippen molar-refractivity contribution >= 4 is 33.5 Å². The molecule has 0 saturated heterocycles. The molecule has 112 valence electrons. The molecule has 1 rings (SSSR count). The molecule has 0 aliphatic rings. The van der Waals surface area contributed by atoms with E-state index in [1.54, 1.807) is 0 Å². The lowest BCUT2D eigenvalue weighted by Gasteiger charge is -2.14. The summed E-state index contributed by atoms with van der Waals surface area (Å²) in [4.78, 5) is 10.6. The Balaban J connectivity index is 3.17. The highest BCUT2D eigenvalue weighted by Crippen LogP contribution is 2.40. The van der Waals surface area contributed by atoms with Crippen molar-refractivity contribution in [1.82, 2.24) is 0 Å². The third kappa shape index (κ3) is 5.35. The first kappa shape index (κ1) is 17.4. The number of rotatable bonds is 4. The van der Waals surface area contributed by atoms with Crippen LogP contribution in [0.3, 0.4) is 0 Å². The Kier molecular flexibility index (Phi) is 5.54. The van der Waals surface area contributed by atoms with Gasteiger partial charge < -0.3 is 0 Å². The van der Waals surface area contributed by atoms with Crippen LogP contribution in [0.4, 0.5) is 26.3 Å². The largest absolute Gasteiger partial charge is 0.446 e. The number of Topliss-reactive ketones (excluding diaryl/α,β-unsaturated/α-hetero) is 1. The molecule has 0 saturated carbocycles. The number of carbonyl (C=O) groups excluding carboxylic acids is 1. The van der Waals surface area contributed by atoms with E-state index >= 15 is 0 Å². The van der Waals surface area contributed by atoms with Gasteiger partial charge >= 0.3 is 11.7 Å². The van der Waals surface area contributed by atoms with E-state index in [-0.39, 0.29) is 10.9 Å². The number of halogens is 7. The average Bonchev–Trinajstić information content (AvgIpc) is 2.27. The number of thioether (sulfide) groups is 1. The van der Waals surface area contributed by atoms with Gasteiger partial charge in [0.1, 0.15) is 5.78 Å². The Bertz CT molecular complexity index is 497. The fourth-order valence-corrected chi connectivity index (χ4v) is 2.21. The van der Waals surface area contributed by atoms with Gasteiger partial charge in [-0.25, -0.2) is 0 Å². The van der Waals surface area contributed by atoms with E-state index in [1.807, 2.05) is 0 Å². The number of carbonyl (C=O) groups is 1. The summed E-state index contributed by atoms with van der Waals surface area (Å²) in [6.07, 6.45) is -5.30. The molecule has 20 heavy (non-hydrogen) atoms. The van der Waals surface area contributed by atoms with E-state index < -0.39 is 46.1 Å². The van der Waals surface area contributed by atoms with Crippen LogP contribution in [-0.2, 0) is 17.4 Å². The van der Waals surface area contributed by atoms with Crippen LogP contribution >= 0.6 is 27.7 Å². The van der Waals surface area contributed by atoms with Crippen molar-refractivity contribution in [2.45, 2.75) is 23.0 Å². The van der Waals surface area contributed by atoms with Crippen LogP contribution in [0.1, 0.15) is 11.1 Å². The molecule has 0 fully saturated rings. The lowest BCUT2D eigenvalue weighted by molar-refractivity contribution is -0.138. The second-order valence-corrected chi connectivity index (χ2v) is 5.41. The maximum absolute atomic E-state index is 12.8. The van der Waals surface area contributed by atoms with Crippen LogP contribution in [0, 0.1) is 0 Å². The van der Waals surface area contributed by atoms with Crippen LogP contribution in [0.2, 0.25) is 0 Å². The van der Waals surface area contributed by atoms with Crippen molar-refractivity contribution < 1.29 is 31.1 Å². The van der Waals surface area contributed by atoms with E-state index in [9.17, 15) is 31.1 Å². The molecular weight excluding hydrogens is 374 g/mol. The topological polar surface area (TPSA) is 17.1 Å². The van der Waals surface area contributed by atoms with Crippen LogP contribution in [-0.4, -0.2) is 16.6 Å². The summed E-state index contributed by atoms with van der Waals surface area (Å²) < 4.78 is 74.9. The van der Waals surface area contributed by atoms with Crippen LogP contribution in [0.15, 0.2) is 23.1 Å². The molecule has 0 aliphatic carbocycles. The molecule has 0 radical (unpaired) electrons. The zero-order chi connectivity index (χ0) is 15.6. The Morgan fingerprint density at radius 1 is 1.15 bits per heavy atom. The fourth-order valence-electron chi connectivity index (χ4n) is 1.43. The predicted octanol–water partition coefficient (Wildman–Crippen LogP) is 4.82. The molecule has 0 atom stereocenters. The Morgan fingerprint density at radius 2 is 1.75 bits per heavy atom. The molecule has 0 spiro atoms. The highest BCUT2D eigenvalue weighted by atomic mass is 79.9. The lowest BCUT2D eigenvalue weighted by Crippen LogP contribution is -2.13. The second kappa shape index (κ2) is 6.38. The number of hydrogen-bond donors (Lipinski definition) is 0. The van der Waals surface area contributed by atoms with Gasteiger partial charge in [0.05, 0.1) is 10.9 Å². The Morgan fingerprint density at radius 3 is 2.20 bits per heavy atom. The first-order chi connectivity index (χ1) is 9.03. The minimum Gasteiger partial charge on any atom is -0.298 e. The van der Waals surface area contributed by atoms with Crippen molar-refractivity contribution in [3.8, 4) is 0 Å². The average molecular weight is 381 g/mol. The molecule has 0 heterocycles. The molecule has 1 aromatic carbocycles. The summed E-state index contributed by atoms with van der Waals surface area (Å²) in [7, 11) is 0. The molecule has 1 aromatic rings. The molecule has 0 unspecified atom stereocenters. The summed E-state index contributed by atoms with van der Waals surface area (Å²) in [6.45, 7) is 0. The van der Waals surface area contributed by atoms with Crippen LogP contribution in [0.5, 0.6) is 0 Å². The van der Waals surface area contributed by atoms with Gasteiger partial charge in [-0.05, 0) is 29.5 Å². The normalized spacial score (nSPS) is 12.6. The number of ketones is 1. The van der Waals surface area contributed by atoms with Gasteiger partial charge in [0, 0.05) is 11.3 Å². The summed E-state index contributed by atoms with van der Waals surface area (Å²) in [5, 5.41) is -0.122. The summed E-state index contributed by atoms with van der Waals surface area (Å²) in [5.41, 5.74) is -6.23. The highest BCUT2D eigenvalue weighted by molar-refractivity contribution is 9.09. The highest BCUT2D eigenvalue weighted by Gasteiger charge is 2.36. The standard InChI is InChI=1S/C11H7BrF6OS/c12-5-7(19)3-6-1-2-8(20-11(16,17)18)4-9(6)10(13,14)15/h1-2,4H,3,5H2. The minimum absolute atomic E-state index is 0.122. The van der Waals surface area contributed by atoms with Gasteiger partial charge in [-0.3, -0.25) is 4.79 Å². The number of alkyl halides is 7. The zero-order valence-corrected chi connectivity index (χ0v) is 12.0. The van der Waals surface area contributed by atoms with Crippen molar-refractivity contribution in [2.75, 3.05) is 5.33 Å². The van der Waals surface area contributed by atoms with Crippen LogP contribution in [0.25, 0.3) is 0 Å². The zero-order valence-electron chi connectivity index (χ0n) is 9.61. The Labute approximate surface area is 122 Å². The van der Waals surface area contributed by atoms with E-state index in [2.05, 4.69) is 15.9 Å². The van der Waals surface area contributed by atoms with Crippen molar-refractivity contribution in [3.63, 3.8) is 0 Å². The molecule has 0 aliphatic heterocycles. The van der Waals surface area contributed by atoms with Gasteiger partial charge in [0.2, 0.25) is 0 Å². The maximum atomic E-state index is 12.8. The number of benzene rings is 1.